The third-order valence-electron chi connectivity index (χ3n) is 2.00. The van der Waals surface area contributed by atoms with Gasteiger partial charge in [-0.2, -0.15) is 5.26 Å². The monoisotopic (exact) mass is 283 g/mol. The molecule has 0 aliphatic rings. The number of hydrogen-bond donors (Lipinski definition) is 1. The van der Waals surface area contributed by atoms with Crippen LogP contribution in [-0.2, 0) is 5.33 Å². The molecule has 1 heterocycles. The number of thiol groups is 1. The number of nitriles is 1. The van der Waals surface area contributed by atoms with E-state index in [1.807, 2.05) is 18.2 Å². The second kappa shape index (κ2) is 3.93. The standard InChI is InChI=1S/C10H6BrNS2/c11-4-7-2-1-6-3-8(5-12)14-10(6)9(7)13/h1-3,13H,4H2. The molecule has 14 heavy (non-hydrogen) atoms. The fourth-order valence-electron chi connectivity index (χ4n) is 1.29. The van der Waals surface area contributed by atoms with Crippen LogP contribution in [0.4, 0.5) is 0 Å². The van der Waals surface area contributed by atoms with Gasteiger partial charge in [0.2, 0.25) is 0 Å². The minimum atomic E-state index is 0.738. The molecule has 0 fully saturated rings. The third kappa shape index (κ3) is 1.56. The number of hydrogen-bond acceptors (Lipinski definition) is 3. The average Bonchev–Trinajstić information content (AvgIpc) is 2.62. The van der Waals surface area contributed by atoms with Crippen molar-refractivity contribution in [1.82, 2.24) is 0 Å². The summed E-state index contributed by atoms with van der Waals surface area (Å²) in [5.74, 6) is 0. The molecule has 4 heteroatoms. The highest BCUT2D eigenvalue weighted by Gasteiger charge is 2.07. The first-order valence-electron chi connectivity index (χ1n) is 3.96. The van der Waals surface area contributed by atoms with Gasteiger partial charge in [-0.1, -0.05) is 28.1 Å². The van der Waals surface area contributed by atoms with Crippen LogP contribution in [0.2, 0.25) is 0 Å². The lowest BCUT2D eigenvalue weighted by atomic mass is 10.2. The van der Waals surface area contributed by atoms with Crippen LogP contribution in [0.25, 0.3) is 10.1 Å². The molecule has 0 N–H and O–H groups in total. The van der Waals surface area contributed by atoms with Crippen LogP contribution in [0.15, 0.2) is 23.1 Å². The van der Waals surface area contributed by atoms with Crippen LogP contribution in [-0.4, -0.2) is 0 Å². The molecular weight excluding hydrogens is 278 g/mol. The first-order valence-corrected chi connectivity index (χ1v) is 6.35. The smallest absolute Gasteiger partial charge is 0.110 e. The minimum Gasteiger partial charge on any atom is -0.192 e. The zero-order valence-electron chi connectivity index (χ0n) is 7.12. The van der Waals surface area contributed by atoms with Gasteiger partial charge < -0.3 is 0 Å². The van der Waals surface area contributed by atoms with Gasteiger partial charge in [0, 0.05) is 14.9 Å². The summed E-state index contributed by atoms with van der Waals surface area (Å²) in [6, 6.07) is 8.12. The van der Waals surface area contributed by atoms with Crippen molar-refractivity contribution < 1.29 is 0 Å². The highest BCUT2D eigenvalue weighted by molar-refractivity contribution is 9.08. The summed E-state index contributed by atoms with van der Waals surface area (Å²) >= 11 is 9.37. The highest BCUT2D eigenvalue weighted by atomic mass is 79.9. The summed E-state index contributed by atoms with van der Waals surface area (Å²) in [4.78, 5) is 1.72. The summed E-state index contributed by atoms with van der Waals surface area (Å²) in [5, 5.41) is 10.7. The molecule has 0 aliphatic heterocycles. The van der Waals surface area contributed by atoms with Crippen LogP contribution in [0, 0.1) is 11.3 Å². The Labute approximate surface area is 99.9 Å². The Morgan fingerprint density at radius 2 is 2.29 bits per heavy atom. The normalized spacial score (nSPS) is 10.4. The lowest BCUT2D eigenvalue weighted by Crippen LogP contribution is -1.79. The maximum Gasteiger partial charge on any atom is 0.110 e. The maximum absolute atomic E-state index is 8.78. The second-order valence-corrected chi connectivity index (χ2v) is 4.91. The SMILES string of the molecule is N#Cc1cc2ccc(CBr)c(S)c2s1. The van der Waals surface area contributed by atoms with Crippen molar-refractivity contribution in [2.24, 2.45) is 0 Å². The Kier molecular flexibility index (Phi) is 2.82. The molecular formula is C10H6BrNS2. The Balaban J connectivity index is 2.76. The number of fused-ring (bicyclic) bond motifs is 1. The van der Waals surface area contributed by atoms with Crippen molar-refractivity contribution in [3.05, 3.63) is 28.6 Å². The van der Waals surface area contributed by atoms with Crippen molar-refractivity contribution in [3.8, 4) is 6.07 Å². The van der Waals surface area contributed by atoms with E-state index >= 15 is 0 Å². The van der Waals surface area contributed by atoms with Gasteiger partial charge in [0.25, 0.3) is 0 Å². The second-order valence-electron chi connectivity index (χ2n) is 2.85. The Bertz CT molecular complexity index is 525. The molecule has 70 valence electrons. The molecule has 2 rings (SSSR count). The van der Waals surface area contributed by atoms with Crippen LogP contribution >= 0.6 is 39.9 Å². The Morgan fingerprint density at radius 1 is 1.50 bits per heavy atom. The molecule has 0 spiro atoms. The number of thiophene rings is 1. The largest absolute Gasteiger partial charge is 0.192 e. The molecule has 0 unspecified atom stereocenters. The van der Waals surface area contributed by atoms with Gasteiger partial charge in [0.1, 0.15) is 10.9 Å². The highest BCUT2D eigenvalue weighted by Crippen LogP contribution is 2.33. The van der Waals surface area contributed by atoms with Crippen molar-refractivity contribution in [2.45, 2.75) is 10.2 Å². The fraction of sp³-hybridized carbons (Fsp3) is 0.100. The van der Waals surface area contributed by atoms with Gasteiger partial charge in [-0.05, 0) is 17.0 Å². The van der Waals surface area contributed by atoms with Gasteiger partial charge in [-0.3, -0.25) is 0 Å². The lowest BCUT2D eigenvalue weighted by molar-refractivity contribution is 1.35. The average molecular weight is 284 g/mol. The molecule has 2 aromatic rings. The molecule has 0 atom stereocenters. The summed E-state index contributed by atoms with van der Waals surface area (Å²) in [7, 11) is 0. The number of alkyl halides is 1. The first kappa shape index (κ1) is 10.0. The predicted octanol–water partition coefficient (Wildman–Crippen LogP) is 3.96. The topological polar surface area (TPSA) is 23.8 Å². The molecule has 0 saturated carbocycles. The quantitative estimate of drug-likeness (QED) is 0.622. The third-order valence-corrected chi connectivity index (χ3v) is 4.34. The van der Waals surface area contributed by atoms with Gasteiger partial charge in [-0.15, -0.1) is 24.0 Å². The van der Waals surface area contributed by atoms with Crippen LogP contribution in [0.3, 0.4) is 0 Å². The van der Waals surface area contributed by atoms with E-state index in [4.69, 9.17) is 5.26 Å². The zero-order valence-corrected chi connectivity index (χ0v) is 10.4. The molecule has 0 saturated heterocycles. The van der Waals surface area contributed by atoms with Gasteiger partial charge in [0.05, 0.1) is 0 Å². The minimum absolute atomic E-state index is 0.738. The molecule has 1 aromatic carbocycles. The molecule has 0 radical (unpaired) electrons. The van der Waals surface area contributed by atoms with E-state index in [1.165, 1.54) is 11.3 Å². The number of benzene rings is 1. The van der Waals surface area contributed by atoms with E-state index in [0.29, 0.717) is 0 Å². The molecule has 1 aromatic heterocycles. The summed E-state index contributed by atoms with van der Waals surface area (Å²) in [6.45, 7) is 0. The zero-order chi connectivity index (χ0) is 10.1. The van der Waals surface area contributed by atoms with Crippen molar-refractivity contribution in [3.63, 3.8) is 0 Å². The van der Waals surface area contributed by atoms with Crippen molar-refractivity contribution in [1.29, 1.82) is 5.26 Å². The van der Waals surface area contributed by atoms with E-state index < -0.39 is 0 Å². The molecule has 0 aliphatic carbocycles. The van der Waals surface area contributed by atoms with Crippen molar-refractivity contribution >= 4 is 50.0 Å². The van der Waals surface area contributed by atoms with Gasteiger partial charge in [0.15, 0.2) is 0 Å². The predicted molar refractivity (Wildman–Crippen MR) is 66.4 cm³/mol. The van der Waals surface area contributed by atoms with E-state index in [0.717, 1.165) is 30.8 Å². The molecule has 0 amide bonds. The Morgan fingerprint density at radius 3 is 2.93 bits per heavy atom. The van der Waals surface area contributed by atoms with E-state index in [1.54, 1.807) is 0 Å². The summed E-state index contributed by atoms with van der Waals surface area (Å²) < 4.78 is 1.10. The van der Waals surface area contributed by atoms with Crippen LogP contribution < -0.4 is 0 Å². The number of rotatable bonds is 1. The Hall–Kier alpha value is -0.500. The summed E-state index contributed by atoms with van der Waals surface area (Å²) in [6.07, 6.45) is 0. The van der Waals surface area contributed by atoms with Crippen molar-refractivity contribution in [2.75, 3.05) is 0 Å². The van der Waals surface area contributed by atoms with Crippen LogP contribution in [0.5, 0.6) is 0 Å². The summed E-state index contributed by atoms with van der Waals surface area (Å²) in [5.41, 5.74) is 1.16. The van der Waals surface area contributed by atoms with Gasteiger partial charge >= 0.3 is 0 Å². The van der Waals surface area contributed by atoms with Crippen LogP contribution in [0.1, 0.15) is 10.4 Å². The van der Waals surface area contributed by atoms with E-state index in [9.17, 15) is 0 Å². The lowest BCUT2D eigenvalue weighted by Gasteiger charge is -2.00. The van der Waals surface area contributed by atoms with E-state index in [-0.39, 0.29) is 0 Å². The maximum atomic E-state index is 8.78. The molecule has 0 bridgehead atoms. The van der Waals surface area contributed by atoms with E-state index in [2.05, 4.69) is 34.6 Å². The first-order chi connectivity index (χ1) is 6.76. The fourth-order valence-corrected chi connectivity index (χ4v) is 3.32. The molecule has 1 nitrogen and oxygen atoms in total. The number of halogens is 1. The number of nitrogens with zero attached hydrogens (tertiary/aromatic N) is 1. The van der Waals surface area contributed by atoms with Gasteiger partial charge in [-0.25, -0.2) is 0 Å².